The van der Waals surface area contributed by atoms with E-state index < -0.39 is 17.5 Å². The highest BCUT2D eigenvalue weighted by molar-refractivity contribution is 5.90. The molecule has 1 saturated carbocycles. The lowest BCUT2D eigenvalue weighted by Crippen LogP contribution is -2.21. The van der Waals surface area contributed by atoms with Gasteiger partial charge in [0.05, 0.1) is 11.6 Å². The third kappa shape index (κ3) is 4.48. The van der Waals surface area contributed by atoms with Crippen molar-refractivity contribution in [2.75, 3.05) is 5.32 Å². The molecule has 7 nitrogen and oxygen atoms in total. The van der Waals surface area contributed by atoms with Crippen LogP contribution in [0, 0.1) is 0 Å². The third-order valence-electron chi connectivity index (χ3n) is 8.18. The summed E-state index contributed by atoms with van der Waals surface area (Å²) in [6.07, 6.45) is 5.21. The van der Waals surface area contributed by atoms with Crippen molar-refractivity contribution in [1.82, 2.24) is 9.78 Å². The monoisotopic (exact) mass is 521 g/mol. The molecule has 3 aromatic carbocycles. The van der Waals surface area contributed by atoms with Gasteiger partial charge in [-0.2, -0.15) is 5.10 Å². The van der Waals surface area contributed by atoms with E-state index in [-0.39, 0.29) is 6.10 Å². The molecule has 198 valence electrons. The highest BCUT2D eigenvalue weighted by atomic mass is 16.6. The van der Waals surface area contributed by atoms with Gasteiger partial charge in [-0.25, -0.2) is 4.79 Å². The number of anilines is 1. The Morgan fingerprint density at radius 3 is 2.28 bits per heavy atom. The smallest absolute Gasteiger partial charge is 0.413 e. The number of nitrogens with zero attached hydrogens (tertiary/aromatic N) is 2. The molecule has 1 fully saturated rings. The van der Waals surface area contributed by atoms with Gasteiger partial charge in [0.25, 0.3) is 0 Å². The van der Waals surface area contributed by atoms with Crippen molar-refractivity contribution in [3.63, 3.8) is 0 Å². The van der Waals surface area contributed by atoms with E-state index in [9.17, 15) is 14.7 Å². The molecule has 4 aromatic rings. The summed E-state index contributed by atoms with van der Waals surface area (Å²) in [4.78, 5) is 24.7. The first-order valence-electron chi connectivity index (χ1n) is 13.4. The van der Waals surface area contributed by atoms with Crippen molar-refractivity contribution in [3.05, 3.63) is 95.2 Å². The molecule has 7 heteroatoms. The molecule has 0 saturated heterocycles. The molecule has 0 spiro atoms. The number of hydrogen-bond donors (Lipinski definition) is 2. The van der Waals surface area contributed by atoms with Gasteiger partial charge in [-0.3, -0.25) is 14.8 Å². The Morgan fingerprint density at radius 1 is 0.949 bits per heavy atom. The summed E-state index contributed by atoms with van der Waals surface area (Å²) >= 11 is 0. The Morgan fingerprint density at radius 2 is 1.62 bits per heavy atom. The van der Waals surface area contributed by atoms with Crippen LogP contribution in [0.15, 0.2) is 72.9 Å². The third-order valence-corrected chi connectivity index (χ3v) is 8.18. The van der Waals surface area contributed by atoms with Gasteiger partial charge in [0.15, 0.2) is 0 Å². The van der Waals surface area contributed by atoms with Crippen LogP contribution in [0.25, 0.3) is 22.3 Å². The standard InChI is InChI=1S/C32H31N3O4/c1-20(21-7-4-3-5-8-21)39-31(38)34-29-27(19-33-35(29)2)23-13-11-22(12-14-23)24-15-16-28(26-10-6-9-25(24)26)32(17-18-32)30(36)37/h3-5,7-8,11-16,19-20H,6,9-10,17-18H2,1-2H3,(H,34,38)(H,36,37). The fraction of sp³-hybridized carbons (Fsp3) is 0.281. The highest BCUT2D eigenvalue weighted by Crippen LogP contribution is 2.52. The largest absolute Gasteiger partial charge is 0.481 e. The van der Waals surface area contributed by atoms with Crippen LogP contribution in [0.2, 0.25) is 0 Å². The molecule has 0 aliphatic heterocycles. The van der Waals surface area contributed by atoms with Crippen molar-refractivity contribution in [2.45, 2.75) is 50.5 Å². The molecule has 0 radical (unpaired) electrons. The number of rotatable bonds is 7. The van der Waals surface area contributed by atoms with Crippen LogP contribution < -0.4 is 5.32 Å². The molecule has 6 rings (SSSR count). The summed E-state index contributed by atoms with van der Waals surface area (Å²) in [6.45, 7) is 1.84. The molecule has 2 N–H and O–H groups in total. The van der Waals surface area contributed by atoms with Crippen LogP contribution in [0.4, 0.5) is 10.6 Å². The van der Waals surface area contributed by atoms with E-state index in [1.165, 1.54) is 16.7 Å². The maximum atomic E-state index is 12.7. The number of benzene rings is 3. The minimum absolute atomic E-state index is 0.388. The Labute approximate surface area is 227 Å². The summed E-state index contributed by atoms with van der Waals surface area (Å²) in [6, 6.07) is 22.0. The first kappa shape index (κ1) is 24.9. The maximum absolute atomic E-state index is 12.7. The van der Waals surface area contributed by atoms with E-state index in [1.807, 2.05) is 55.5 Å². The number of hydrogen-bond acceptors (Lipinski definition) is 4. The molecule has 1 heterocycles. The minimum atomic E-state index is -0.701. The number of nitrogens with one attached hydrogen (secondary N) is 1. The van der Waals surface area contributed by atoms with E-state index in [0.717, 1.165) is 59.9 Å². The van der Waals surface area contributed by atoms with Gasteiger partial charge in [0, 0.05) is 12.6 Å². The number of amides is 1. The number of ether oxygens (including phenoxy) is 1. The van der Waals surface area contributed by atoms with Gasteiger partial charge in [0.2, 0.25) is 0 Å². The van der Waals surface area contributed by atoms with Crippen molar-refractivity contribution in [2.24, 2.45) is 7.05 Å². The Balaban J connectivity index is 1.23. The summed E-state index contributed by atoms with van der Waals surface area (Å²) in [5.41, 5.74) is 7.76. The van der Waals surface area contributed by atoms with E-state index in [1.54, 1.807) is 17.9 Å². The lowest BCUT2D eigenvalue weighted by molar-refractivity contribution is -0.140. The van der Waals surface area contributed by atoms with Crippen molar-refractivity contribution in [3.8, 4) is 22.3 Å². The van der Waals surface area contributed by atoms with Gasteiger partial charge in [-0.05, 0) is 78.0 Å². The lowest BCUT2D eigenvalue weighted by atomic mass is 9.86. The number of fused-ring (bicyclic) bond motifs is 1. The Bertz CT molecular complexity index is 1550. The zero-order valence-electron chi connectivity index (χ0n) is 22.1. The SMILES string of the molecule is CC(OC(=O)Nc1c(-c2ccc(-c3ccc(C4(C(=O)O)CC4)c4c3CCC4)cc2)cnn1C)c1ccccc1. The van der Waals surface area contributed by atoms with E-state index >= 15 is 0 Å². The van der Waals surface area contributed by atoms with Crippen molar-refractivity contribution < 1.29 is 19.4 Å². The topological polar surface area (TPSA) is 93.4 Å². The van der Waals surface area contributed by atoms with Gasteiger partial charge < -0.3 is 9.84 Å². The molecule has 1 atom stereocenters. The Hall–Kier alpha value is -4.39. The molecule has 39 heavy (non-hydrogen) atoms. The van der Waals surface area contributed by atoms with Gasteiger partial charge in [0.1, 0.15) is 11.9 Å². The van der Waals surface area contributed by atoms with Crippen LogP contribution in [0.5, 0.6) is 0 Å². The molecule has 1 aromatic heterocycles. The average molecular weight is 522 g/mol. The van der Waals surface area contributed by atoms with E-state index in [2.05, 4.69) is 28.6 Å². The molecule has 2 aliphatic rings. The average Bonchev–Trinajstić information content (AvgIpc) is 3.48. The second-order valence-corrected chi connectivity index (χ2v) is 10.5. The van der Waals surface area contributed by atoms with Crippen LogP contribution in [0.3, 0.4) is 0 Å². The molecule has 1 amide bonds. The van der Waals surface area contributed by atoms with Gasteiger partial charge >= 0.3 is 12.1 Å². The van der Waals surface area contributed by atoms with E-state index in [0.29, 0.717) is 5.82 Å². The number of aromatic nitrogens is 2. The number of carbonyl (C=O) groups is 2. The zero-order chi connectivity index (χ0) is 27.1. The molecule has 2 aliphatic carbocycles. The van der Waals surface area contributed by atoms with Crippen LogP contribution in [0.1, 0.15) is 54.5 Å². The summed E-state index contributed by atoms with van der Waals surface area (Å²) < 4.78 is 7.22. The molecular formula is C32H31N3O4. The summed E-state index contributed by atoms with van der Waals surface area (Å²) in [7, 11) is 1.78. The second kappa shape index (κ2) is 9.73. The number of carboxylic acid groups (broad SMARTS) is 1. The molecule has 0 bridgehead atoms. The number of aryl methyl sites for hydroxylation is 1. The highest BCUT2D eigenvalue weighted by Gasteiger charge is 2.53. The van der Waals surface area contributed by atoms with Crippen LogP contribution in [-0.4, -0.2) is 26.9 Å². The second-order valence-electron chi connectivity index (χ2n) is 10.5. The first-order valence-corrected chi connectivity index (χ1v) is 13.4. The van der Waals surface area contributed by atoms with Gasteiger partial charge in [-0.1, -0.05) is 66.7 Å². The quantitative estimate of drug-likeness (QED) is 0.283. The minimum Gasteiger partial charge on any atom is -0.481 e. The fourth-order valence-corrected chi connectivity index (χ4v) is 5.85. The lowest BCUT2D eigenvalue weighted by Gasteiger charge is -2.18. The first-order chi connectivity index (χ1) is 18.9. The van der Waals surface area contributed by atoms with Crippen LogP contribution >= 0.6 is 0 Å². The Kier molecular flexibility index (Phi) is 6.22. The normalized spacial score (nSPS) is 15.8. The van der Waals surface area contributed by atoms with Gasteiger partial charge in [-0.15, -0.1) is 0 Å². The van der Waals surface area contributed by atoms with Crippen molar-refractivity contribution in [1.29, 1.82) is 0 Å². The fourth-order valence-electron chi connectivity index (χ4n) is 5.85. The number of aliphatic carboxylic acids is 1. The van der Waals surface area contributed by atoms with Crippen LogP contribution in [-0.2, 0) is 34.8 Å². The van der Waals surface area contributed by atoms with E-state index in [4.69, 9.17) is 4.74 Å². The number of carbonyl (C=O) groups excluding carboxylic acids is 1. The zero-order valence-corrected chi connectivity index (χ0v) is 22.1. The number of carboxylic acids is 1. The summed E-state index contributed by atoms with van der Waals surface area (Å²) in [5.74, 6) is -0.144. The maximum Gasteiger partial charge on any atom is 0.413 e. The predicted octanol–water partition coefficient (Wildman–Crippen LogP) is 6.67. The molecule has 1 unspecified atom stereocenters. The predicted molar refractivity (Wildman–Crippen MR) is 150 cm³/mol. The van der Waals surface area contributed by atoms with Crippen molar-refractivity contribution >= 4 is 17.9 Å². The molecular weight excluding hydrogens is 490 g/mol. The summed E-state index contributed by atoms with van der Waals surface area (Å²) in [5, 5.41) is 17.1.